The number of anilines is 1. The number of benzene rings is 2. The smallest absolute Gasteiger partial charge is 0.151 e. The average molecular weight is 276 g/mol. The predicted octanol–water partition coefficient (Wildman–Crippen LogP) is 5.01. The summed E-state index contributed by atoms with van der Waals surface area (Å²) in [5.41, 5.74) is 7.75. The Morgan fingerprint density at radius 1 is 1.05 bits per heavy atom. The first-order valence-corrected chi connectivity index (χ1v) is 6.57. The lowest BCUT2D eigenvalue weighted by Gasteiger charge is -2.20. The van der Waals surface area contributed by atoms with E-state index in [1.165, 1.54) is 5.56 Å². The highest BCUT2D eigenvalue weighted by atomic mass is 35.5. The summed E-state index contributed by atoms with van der Waals surface area (Å²) in [5.74, 6) is 1.35. The Morgan fingerprint density at radius 2 is 1.79 bits per heavy atom. The summed E-state index contributed by atoms with van der Waals surface area (Å²) in [4.78, 5) is 0. The molecule has 0 unspecified atom stereocenters. The molecule has 2 aromatic carbocycles. The molecule has 19 heavy (non-hydrogen) atoms. The van der Waals surface area contributed by atoms with Gasteiger partial charge >= 0.3 is 0 Å². The van der Waals surface area contributed by atoms with Crippen molar-refractivity contribution in [2.24, 2.45) is 0 Å². The molecule has 0 aliphatic heterocycles. The van der Waals surface area contributed by atoms with Gasteiger partial charge in [-0.15, -0.1) is 0 Å². The molecule has 3 heteroatoms. The number of halogens is 1. The summed E-state index contributed by atoms with van der Waals surface area (Å²) in [7, 11) is 0. The maximum absolute atomic E-state index is 5.95. The third-order valence-electron chi connectivity index (χ3n) is 2.90. The summed E-state index contributed by atoms with van der Waals surface area (Å²) >= 11 is 5.95. The van der Waals surface area contributed by atoms with E-state index in [-0.39, 0.29) is 5.41 Å². The van der Waals surface area contributed by atoms with Crippen LogP contribution in [0, 0.1) is 0 Å². The molecule has 0 aliphatic rings. The quantitative estimate of drug-likeness (QED) is 0.782. The number of nitrogens with two attached hydrogens (primary N) is 1. The Morgan fingerprint density at radius 3 is 2.47 bits per heavy atom. The topological polar surface area (TPSA) is 35.2 Å². The highest BCUT2D eigenvalue weighted by Gasteiger charge is 2.14. The third-order valence-corrected chi connectivity index (χ3v) is 3.14. The molecule has 0 aromatic heterocycles. The van der Waals surface area contributed by atoms with Crippen molar-refractivity contribution >= 4 is 17.3 Å². The number of hydrogen-bond donors (Lipinski definition) is 1. The van der Waals surface area contributed by atoms with Crippen LogP contribution in [0.5, 0.6) is 11.5 Å². The minimum atomic E-state index is 0.0826. The zero-order valence-corrected chi connectivity index (χ0v) is 12.2. The SMILES string of the molecule is CC(C)(C)c1cccc(Oc2cc(Cl)ccc2N)c1. The van der Waals surface area contributed by atoms with E-state index >= 15 is 0 Å². The van der Waals surface area contributed by atoms with Gasteiger partial charge < -0.3 is 10.5 Å². The molecule has 0 radical (unpaired) electrons. The van der Waals surface area contributed by atoms with E-state index in [0.29, 0.717) is 16.5 Å². The molecule has 0 bridgehead atoms. The fraction of sp³-hybridized carbons (Fsp3) is 0.250. The van der Waals surface area contributed by atoms with E-state index < -0.39 is 0 Å². The summed E-state index contributed by atoms with van der Waals surface area (Å²) < 4.78 is 5.82. The van der Waals surface area contributed by atoms with Gasteiger partial charge in [-0.1, -0.05) is 44.5 Å². The van der Waals surface area contributed by atoms with Crippen LogP contribution < -0.4 is 10.5 Å². The van der Waals surface area contributed by atoms with Crippen molar-refractivity contribution in [2.75, 3.05) is 5.73 Å². The van der Waals surface area contributed by atoms with Crippen LogP contribution in [0.15, 0.2) is 42.5 Å². The molecule has 0 amide bonds. The first-order valence-electron chi connectivity index (χ1n) is 6.20. The predicted molar refractivity (Wildman–Crippen MR) is 81.1 cm³/mol. The molecule has 0 heterocycles. The van der Waals surface area contributed by atoms with Crippen molar-refractivity contribution in [2.45, 2.75) is 26.2 Å². The first-order chi connectivity index (χ1) is 8.86. The molecule has 2 N–H and O–H groups in total. The molecule has 0 aliphatic carbocycles. The van der Waals surface area contributed by atoms with Crippen molar-refractivity contribution < 1.29 is 4.74 Å². The van der Waals surface area contributed by atoms with Crippen LogP contribution in [0.3, 0.4) is 0 Å². The lowest BCUT2D eigenvalue weighted by molar-refractivity contribution is 0.481. The van der Waals surface area contributed by atoms with E-state index in [1.807, 2.05) is 18.2 Å². The summed E-state index contributed by atoms with van der Waals surface area (Å²) in [6.45, 7) is 6.50. The van der Waals surface area contributed by atoms with E-state index in [2.05, 4.69) is 26.8 Å². The Kier molecular flexibility index (Phi) is 3.72. The van der Waals surface area contributed by atoms with Crippen LogP contribution in [-0.4, -0.2) is 0 Å². The largest absolute Gasteiger partial charge is 0.455 e. The highest BCUT2D eigenvalue weighted by Crippen LogP contribution is 2.32. The molecule has 0 saturated carbocycles. The summed E-state index contributed by atoms with van der Waals surface area (Å²) in [6, 6.07) is 13.2. The molecule has 100 valence electrons. The lowest BCUT2D eigenvalue weighted by Crippen LogP contribution is -2.10. The lowest BCUT2D eigenvalue weighted by atomic mass is 9.87. The highest BCUT2D eigenvalue weighted by molar-refractivity contribution is 6.30. The van der Waals surface area contributed by atoms with Crippen molar-refractivity contribution in [1.29, 1.82) is 0 Å². The number of rotatable bonds is 2. The normalized spacial score (nSPS) is 11.4. The van der Waals surface area contributed by atoms with Crippen LogP contribution in [0.4, 0.5) is 5.69 Å². The second-order valence-electron chi connectivity index (χ2n) is 5.56. The molecular weight excluding hydrogens is 258 g/mol. The van der Waals surface area contributed by atoms with Crippen molar-refractivity contribution in [3.63, 3.8) is 0 Å². The van der Waals surface area contributed by atoms with Crippen LogP contribution in [0.2, 0.25) is 5.02 Å². The maximum Gasteiger partial charge on any atom is 0.151 e. The van der Waals surface area contributed by atoms with Gasteiger partial charge in [0.2, 0.25) is 0 Å². The fourth-order valence-corrected chi connectivity index (χ4v) is 1.91. The average Bonchev–Trinajstić information content (AvgIpc) is 2.33. The van der Waals surface area contributed by atoms with Gasteiger partial charge in [0.1, 0.15) is 5.75 Å². The molecule has 0 saturated heterocycles. The molecule has 0 spiro atoms. The summed E-state index contributed by atoms with van der Waals surface area (Å²) in [6.07, 6.45) is 0. The van der Waals surface area contributed by atoms with Gasteiger partial charge in [-0.25, -0.2) is 0 Å². The molecule has 0 atom stereocenters. The summed E-state index contributed by atoms with van der Waals surface area (Å²) in [5, 5.41) is 0.608. The fourth-order valence-electron chi connectivity index (χ4n) is 1.75. The molecule has 2 rings (SSSR count). The minimum Gasteiger partial charge on any atom is -0.455 e. The Balaban J connectivity index is 2.31. The number of ether oxygens (including phenoxy) is 1. The van der Waals surface area contributed by atoms with Gasteiger partial charge in [0, 0.05) is 11.1 Å². The van der Waals surface area contributed by atoms with E-state index in [1.54, 1.807) is 18.2 Å². The molecule has 2 nitrogen and oxygen atoms in total. The minimum absolute atomic E-state index is 0.0826. The zero-order chi connectivity index (χ0) is 14.0. The second-order valence-corrected chi connectivity index (χ2v) is 6.00. The van der Waals surface area contributed by atoms with Crippen molar-refractivity contribution in [3.8, 4) is 11.5 Å². The van der Waals surface area contributed by atoms with E-state index in [4.69, 9.17) is 22.1 Å². The van der Waals surface area contributed by atoms with Crippen molar-refractivity contribution in [3.05, 3.63) is 53.1 Å². The van der Waals surface area contributed by atoms with Gasteiger partial charge in [-0.3, -0.25) is 0 Å². The molecule has 2 aromatic rings. The van der Waals surface area contributed by atoms with Crippen LogP contribution in [0.1, 0.15) is 26.3 Å². The van der Waals surface area contributed by atoms with Crippen molar-refractivity contribution in [1.82, 2.24) is 0 Å². The number of hydrogen-bond acceptors (Lipinski definition) is 2. The molecule has 0 fully saturated rings. The van der Waals surface area contributed by atoms with Crippen LogP contribution in [0.25, 0.3) is 0 Å². The van der Waals surface area contributed by atoms with Gasteiger partial charge in [0.15, 0.2) is 5.75 Å². The second kappa shape index (κ2) is 5.14. The monoisotopic (exact) mass is 275 g/mol. The van der Waals surface area contributed by atoms with Gasteiger partial charge in [0.05, 0.1) is 5.69 Å². The van der Waals surface area contributed by atoms with E-state index in [9.17, 15) is 0 Å². The Bertz CT molecular complexity index is 588. The third kappa shape index (κ3) is 3.42. The maximum atomic E-state index is 5.95. The number of nitrogen functional groups attached to an aromatic ring is 1. The Hall–Kier alpha value is -1.67. The van der Waals surface area contributed by atoms with Gasteiger partial charge in [-0.05, 0) is 35.2 Å². The van der Waals surface area contributed by atoms with Crippen LogP contribution in [-0.2, 0) is 5.41 Å². The molecular formula is C16H18ClNO. The van der Waals surface area contributed by atoms with Gasteiger partial charge in [-0.2, -0.15) is 0 Å². The van der Waals surface area contributed by atoms with Gasteiger partial charge in [0.25, 0.3) is 0 Å². The standard InChI is InChI=1S/C16H18ClNO/c1-16(2,3)11-5-4-6-13(9-11)19-15-10-12(17)7-8-14(15)18/h4-10H,18H2,1-3H3. The zero-order valence-electron chi connectivity index (χ0n) is 11.4. The Labute approximate surface area is 119 Å². The van der Waals surface area contributed by atoms with E-state index in [0.717, 1.165) is 5.75 Å². The first kappa shape index (κ1) is 13.8. The van der Waals surface area contributed by atoms with Crippen LogP contribution >= 0.6 is 11.6 Å².